The van der Waals surface area contributed by atoms with Crippen LogP contribution in [0.25, 0.3) is 17.1 Å². The van der Waals surface area contributed by atoms with E-state index in [1.165, 1.54) is 0 Å². The molecule has 1 aliphatic rings. The number of amides is 1. The first-order chi connectivity index (χ1) is 12.8. The Bertz CT molecular complexity index is 897. The van der Waals surface area contributed by atoms with E-state index in [1.807, 2.05) is 59.5 Å². The summed E-state index contributed by atoms with van der Waals surface area (Å²) in [6.45, 7) is 1.55. The number of rotatable bonds is 4. The second kappa shape index (κ2) is 7.00. The summed E-state index contributed by atoms with van der Waals surface area (Å²) in [6, 6.07) is 17.3. The van der Waals surface area contributed by atoms with E-state index in [9.17, 15) is 4.79 Å². The van der Waals surface area contributed by atoms with Crippen molar-refractivity contribution in [2.24, 2.45) is 0 Å². The average Bonchev–Trinajstić information content (AvgIpc) is 3.38. The molecule has 132 valence electrons. The molecule has 0 atom stereocenters. The topological polar surface area (TPSA) is 60.2 Å². The third-order valence-electron chi connectivity index (χ3n) is 4.54. The Morgan fingerprint density at radius 3 is 2.35 bits per heavy atom. The van der Waals surface area contributed by atoms with Gasteiger partial charge >= 0.3 is 0 Å². The number of ether oxygens (including phenoxy) is 1. The highest BCUT2D eigenvalue weighted by molar-refractivity contribution is 5.91. The molecule has 0 bridgehead atoms. The van der Waals surface area contributed by atoms with Crippen LogP contribution in [0.4, 0.5) is 0 Å². The van der Waals surface area contributed by atoms with Crippen LogP contribution in [0.15, 0.2) is 54.6 Å². The zero-order valence-corrected chi connectivity index (χ0v) is 14.6. The lowest BCUT2D eigenvalue weighted by atomic mass is 10.2. The largest absolute Gasteiger partial charge is 0.497 e. The summed E-state index contributed by atoms with van der Waals surface area (Å²) in [7, 11) is 1.63. The SMILES string of the molecule is COc1ccc(-c2nc(C(=O)N3CCCC3)nn2-c2ccccc2)cc1. The molecule has 0 aliphatic carbocycles. The Morgan fingerprint density at radius 2 is 1.69 bits per heavy atom. The number of aromatic nitrogens is 3. The van der Waals surface area contributed by atoms with E-state index in [2.05, 4.69) is 10.1 Å². The van der Waals surface area contributed by atoms with Crippen molar-refractivity contribution in [3.8, 4) is 22.8 Å². The molecule has 6 nitrogen and oxygen atoms in total. The molecule has 0 spiro atoms. The fourth-order valence-corrected chi connectivity index (χ4v) is 3.14. The molecule has 4 rings (SSSR count). The molecular weight excluding hydrogens is 328 g/mol. The first-order valence-electron chi connectivity index (χ1n) is 8.72. The highest BCUT2D eigenvalue weighted by atomic mass is 16.5. The summed E-state index contributed by atoms with van der Waals surface area (Å²) < 4.78 is 6.95. The Balaban J connectivity index is 1.78. The molecular formula is C20H20N4O2. The number of nitrogens with zero attached hydrogens (tertiary/aromatic N) is 4. The normalized spacial score (nSPS) is 13.8. The lowest BCUT2D eigenvalue weighted by molar-refractivity contribution is 0.0781. The van der Waals surface area contributed by atoms with Gasteiger partial charge in [-0.3, -0.25) is 4.79 Å². The van der Waals surface area contributed by atoms with Crippen LogP contribution in [0.2, 0.25) is 0 Å². The molecule has 1 amide bonds. The quantitative estimate of drug-likeness (QED) is 0.726. The molecule has 6 heteroatoms. The van der Waals surface area contributed by atoms with Crippen molar-refractivity contribution in [2.45, 2.75) is 12.8 Å². The van der Waals surface area contributed by atoms with Gasteiger partial charge in [0.2, 0.25) is 5.82 Å². The van der Waals surface area contributed by atoms with Gasteiger partial charge in [0.05, 0.1) is 12.8 Å². The first-order valence-corrected chi connectivity index (χ1v) is 8.72. The molecule has 0 N–H and O–H groups in total. The maximum Gasteiger partial charge on any atom is 0.293 e. The Morgan fingerprint density at radius 1 is 1.00 bits per heavy atom. The van der Waals surface area contributed by atoms with E-state index in [1.54, 1.807) is 11.8 Å². The highest BCUT2D eigenvalue weighted by Crippen LogP contribution is 2.24. The number of carbonyl (C=O) groups is 1. The average molecular weight is 348 g/mol. The van der Waals surface area contributed by atoms with Gasteiger partial charge in [-0.2, -0.15) is 0 Å². The van der Waals surface area contributed by atoms with Crippen molar-refractivity contribution < 1.29 is 9.53 Å². The van der Waals surface area contributed by atoms with Gasteiger partial charge in [0, 0.05) is 18.7 Å². The van der Waals surface area contributed by atoms with Gasteiger partial charge in [0.15, 0.2) is 5.82 Å². The van der Waals surface area contributed by atoms with E-state index >= 15 is 0 Å². The number of carbonyl (C=O) groups excluding carboxylic acids is 1. The van der Waals surface area contributed by atoms with Crippen molar-refractivity contribution in [2.75, 3.05) is 20.2 Å². The van der Waals surface area contributed by atoms with Crippen LogP contribution in [0, 0.1) is 0 Å². The Hall–Kier alpha value is -3.15. The summed E-state index contributed by atoms with van der Waals surface area (Å²) in [4.78, 5) is 19.1. The summed E-state index contributed by atoms with van der Waals surface area (Å²) in [5.74, 6) is 1.54. The molecule has 1 aromatic heterocycles. The van der Waals surface area contributed by atoms with Gasteiger partial charge in [-0.05, 0) is 49.2 Å². The predicted molar refractivity (Wildman–Crippen MR) is 98.5 cm³/mol. The minimum Gasteiger partial charge on any atom is -0.497 e. The number of hydrogen-bond acceptors (Lipinski definition) is 4. The van der Waals surface area contributed by atoms with Gasteiger partial charge in [-0.1, -0.05) is 18.2 Å². The van der Waals surface area contributed by atoms with Crippen LogP contribution in [0.1, 0.15) is 23.5 Å². The van der Waals surface area contributed by atoms with Gasteiger partial charge in [0.25, 0.3) is 5.91 Å². The summed E-state index contributed by atoms with van der Waals surface area (Å²) >= 11 is 0. The lowest BCUT2D eigenvalue weighted by Gasteiger charge is -2.11. The first kappa shape index (κ1) is 16.3. The highest BCUT2D eigenvalue weighted by Gasteiger charge is 2.25. The molecule has 1 saturated heterocycles. The Labute approximate surface area is 152 Å². The number of benzene rings is 2. The number of hydrogen-bond donors (Lipinski definition) is 0. The van der Waals surface area contributed by atoms with Crippen molar-refractivity contribution in [1.29, 1.82) is 0 Å². The predicted octanol–water partition coefficient (Wildman–Crippen LogP) is 3.18. The second-order valence-corrected chi connectivity index (χ2v) is 6.23. The van der Waals surface area contributed by atoms with Crippen LogP contribution in [-0.4, -0.2) is 45.8 Å². The van der Waals surface area contributed by atoms with Gasteiger partial charge in [0.1, 0.15) is 5.75 Å². The van der Waals surface area contributed by atoms with E-state index in [4.69, 9.17) is 4.74 Å². The minimum absolute atomic E-state index is 0.105. The maximum atomic E-state index is 12.7. The van der Waals surface area contributed by atoms with Gasteiger partial charge in [-0.25, -0.2) is 9.67 Å². The number of methoxy groups -OCH3 is 1. The molecule has 1 fully saturated rings. The van der Waals surface area contributed by atoms with E-state index in [0.29, 0.717) is 5.82 Å². The van der Waals surface area contributed by atoms with Crippen LogP contribution >= 0.6 is 0 Å². The van der Waals surface area contributed by atoms with Crippen LogP contribution in [0.5, 0.6) is 5.75 Å². The smallest absolute Gasteiger partial charge is 0.293 e. The monoisotopic (exact) mass is 348 g/mol. The fraction of sp³-hybridized carbons (Fsp3) is 0.250. The maximum absolute atomic E-state index is 12.7. The van der Waals surface area contributed by atoms with Crippen molar-refractivity contribution >= 4 is 5.91 Å². The summed E-state index contributed by atoms with van der Waals surface area (Å²) in [5, 5.41) is 4.53. The number of likely N-dealkylation sites (tertiary alicyclic amines) is 1. The fourth-order valence-electron chi connectivity index (χ4n) is 3.14. The zero-order chi connectivity index (χ0) is 17.9. The van der Waals surface area contributed by atoms with E-state index in [0.717, 1.165) is 42.9 Å². The molecule has 0 radical (unpaired) electrons. The third-order valence-corrected chi connectivity index (χ3v) is 4.54. The lowest BCUT2D eigenvalue weighted by Crippen LogP contribution is -2.28. The third kappa shape index (κ3) is 3.06. The van der Waals surface area contributed by atoms with Crippen molar-refractivity contribution in [1.82, 2.24) is 19.7 Å². The minimum atomic E-state index is -0.105. The second-order valence-electron chi connectivity index (χ2n) is 6.23. The Kier molecular flexibility index (Phi) is 4.39. The molecule has 0 unspecified atom stereocenters. The van der Waals surface area contributed by atoms with Gasteiger partial charge in [-0.15, -0.1) is 5.10 Å². The molecule has 1 aliphatic heterocycles. The van der Waals surface area contributed by atoms with Crippen LogP contribution in [-0.2, 0) is 0 Å². The molecule has 2 aromatic carbocycles. The molecule has 0 saturated carbocycles. The molecule has 26 heavy (non-hydrogen) atoms. The summed E-state index contributed by atoms with van der Waals surface area (Å²) in [5.41, 5.74) is 1.74. The van der Waals surface area contributed by atoms with Crippen LogP contribution < -0.4 is 4.74 Å². The van der Waals surface area contributed by atoms with E-state index in [-0.39, 0.29) is 11.7 Å². The van der Waals surface area contributed by atoms with Gasteiger partial charge < -0.3 is 9.64 Å². The molecule has 2 heterocycles. The van der Waals surface area contributed by atoms with Crippen molar-refractivity contribution in [3.05, 3.63) is 60.4 Å². The van der Waals surface area contributed by atoms with Crippen LogP contribution in [0.3, 0.4) is 0 Å². The zero-order valence-electron chi connectivity index (χ0n) is 14.6. The number of para-hydroxylation sites is 1. The van der Waals surface area contributed by atoms with Crippen molar-refractivity contribution in [3.63, 3.8) is 0 Å². The summed E-state index contributed by atoms with van der Waals surface area (Å²) in [6.07, 6.45) is 2.08. The molecule has 3 aromatic rings. The van der Waals surface area contributed by atoms with E-state index < -0.39 is 0 Å². The standard InChI is InChI=1S/C20H20N4O2/c1-26-17-11-9-15(10-12-17)19-21-18(20(25)23-13-5-6-14-23)22-24(19)16-7-3-2-4-8-16/h2-4,7-12H,5-6,13-14H2,1H3.